The molecule has 0 saturated heterocycles. The molecule has 0 aliphatic rings. The first-order valence-electron chi connectivity index (χ1n) is 5.87. The Bertz CT molecular complexity index is 357. The van der Waals surface area contributed by atoms with E-state index in [1.807, 2.05) is 13.0 Å². The van der Waals surface area contributed by atoms with E-state index in [1.54, 1.807) is 12.1 Å². The summed E-state index contributed by atoms with van der Waals surface area (Å²) in [5, 5.41) is 9.98. The smallest absolute Gasteiger partial charge is 0.137 e. The summed E-state index contributed by atoms with van der Waals surface area (Å²) in [7, 11) is 0. The van der Waals surface area contributed by atoms with E-state index in [1.165, 1.54) is 0 Å². The summed E-state index contributed by atoms with van der Waals surface area (Å²) < 4.78 is 5.68. The summed E-state index contributed by atoms with van der Waals surface area (Å²) in [5.41, 5.74) is 6.89. The first kappa shape index (κ1) is 14.3. The lowest BCUT2D eigenvalue weighted by Crippen LogP contribution is -2.41. The van der Waals surface area contributed by atoms with Crippen LogP contribution >= 0.6 is 11.6 Å². The fraction of sp³-hybridized carbons (Fsp3) is 0.538. The summed E-state index contributed by atoms with van der Waals surface area (Å²) in [6, 6.07) is 5.27. The van der Waals surface area contributed by atoms with Gasteiger partial charge in [0.25, 0.3) is 0 Å². The van der Waals surface area contributed by atoms with E-state index >= 15 is 0 Å². The number of aliphatic hydroxyl groups excluding tert-OH is 1. The average Bonchev–Trinajstić information content (AvgIpc) is 2.30. The highest BCUT2D eigenvalue weighted by atomic mass is 35.5. The first-order valence-corrected chi connectivity index (χ1v) is 6.25. The molecule has 0 aliphatic carbocycles. The van der Waals surface area contributed by atoms with Crippen LogP contribution in [-0.2, 0) is 0 Å². The molecular formula is C13H20ClNO2. The molecule has 4 heteroatoms. The number of hydrogen-bond donors (Lipinski definition) is 2. The SMILES string of the molecule is CCCC(N)C(CO)Oc1ccc(Cl)c(C)c1. The molecule has 0 radical (unpaired) electrons. The van der Waals surface area contributed by atoms with Gasteiger partial charge in [0.1, 0.15) is 11.9 Å². The summed E-state index contributed by atoms with van der Waals surface area (Å²) >= 11 is 5.93. The first-order chi connectivity index (χ1) is 8.08. The van der Waals surface area contributed by atoms with Gasteiger partial charge in [0.15, 0.2) is 0 Å². The monoisotopic (exact) mass is 257 g/mol. The Morgan fingerprint density at radius 3 is 2.71 bits per heavy atom. The standard InChI is InChI=1S/C13H20ClNO2/c1-3-4-12(15)13(8-16)17-10-5-6-11(14)9(2)7-10/h5-7,12-13,16H,3-4,8,15H2,1-2H3. The second-order valence-electron chi connectivity index (χ2n) is 4.20. The van der Waals surface area contributed by atoms with Crippen molar-refractivity contribution in [1.29, 1.82) is 0 Å². The summed E-state index contributed by atoms with van der Waals surface area (Å²) in [4.78, 5) is 0. The maximum absolute atomic E-state index is 9.28. The van der Waals surface area contributed by atoms with Crippen molar-refractivity contribution in [1.82, 2.24) is 0 Å². The lowest BCUT2D eigenvalue weighted by molar-refractivity contribution is 0.0916. The Labute approximate surface area is 108 Å². The van der Waals surface area contributed by atoms with Gasteiger partial charge < -0.3 is 15.6 Å². The van der Waals surface area contributed by atoms with Crippen molar-refractivity contribution in [2.24, 2.45) is 5.73 Å². The van der Waals surface area contributed by atoms with Crippen LogP contribution in [0.15, 0.2) is 18.2 Å². The Kier molecular flexibility index (Phi) is 5.75. The van der Waals surface area contributed by atoms with Crippen LogP contribution in [0.25, 0.3) is 0 Å². The van der Waals surface area contributed by atoms with E-state index in [0.717, 1.165) is 18.4 Å². The van der Waals surface area contributed by atoms with E-state index in [4.69, 9.17) is 22.1 Å². The zero-order valence-corrected chi connectivity index (χ0v) is 11.1. The van der Waals surface area contributed by atoms with Crippen LogP contribution in [0, 0.1) is 6.92 Å². The van der Waals surface area contributed by atoms with Gasteiger partial charge in [0, 0.05) is 11.1 Å². The van der Waals surface area contributed by atoms with Crippen LogP contribution in [0.3, 0.4) is 0 Å². The molecule has 0 saturated carbocycles. The summed E-state index contributed by atoms with van der Waals surface area (Å²) in [6.07, 6.45) is 1.44. The topological polar surface area (TPSA) is 55.5 Å². The molecule has 0 amide bonds. The van der Waals surface area contributed by atoms with Gasteiger partial charge in [-0.2, -0.15) is 0 Å². The Hall–Kier alpha value is -0.770. The second-order valence-corrected chi connectivity index (χ2v) is 4.61. The van der Waals surface area contributed by atoms with Crippen molar-refractivity contribution in [3.63, 3.8) is 0 Å². The molecule has 1 aromatic rings. The average molecular weight is 258 g/mol. The number of hydrogen-bond acceptors (Lipinski definition) is 3. The Balaban J connectivity index is 2.70. The largest absolute Gasteiger partial charge is 0.486 e. The lowest BCUT2D eigenvalue weighted by atomic mass is 10.1. The molecule has 1 aromatic carbocycles. The minimum absolute atomic E-state index is 0.0805. The van der Waals surface area contributed by atoms with E-state index < -0.39 is 0 Å². The highest BCUT2D eigenvalue weighted by molar-refractivity contribution is 6.31. The second kappa shape index (κ2) is 6.84. The van der Waals surface area contributed by atoms with Gasteiger partial charge in [-0.3, -0.25) is 0 Å². The van der Waals surface area contributed by atoms with Crippen LogP contribution in [0.4, 0.5) is 0 Å². The molecule has 2 unspecified atom stereocenters. The summed E-state index contributed by atoms with van der Waals surface area (Å²) in [5.74, 6) is 0.692. The predicted octanol–water partition coefficient (Wildman–Crippen LogP) is 2.52. The molecule has 0 heterocycles. The quantitative estimate of drug-likeness (QED) is 0.823. The molecule has 2 atom stereocenters. The molecule has 0 aromatic heterocycles. The lowest BCUT2D eigenvalue weighted by Gasteiger charge is -2.23. The van der Waals surface area contributed by atoms with Crippen LogP contribution in [0.1, 0.15) is 25.3 Å². The van der Waals surface area contributed by atoms with Crippen molar-refractivity contribution < 1.29 is 9.84 Å². The molecule has 3 N–H and O–H groups in total. The Morgan fingerprint density at radius 2 is 2.18 bits per heavy atom. The molecule has 1 rings (SSSR count). The molecule has 0 aliphatic heterocycles. The van der Waals surface area contributed by atoms with E-state index in [0.29, 0.717) is 10.8 Å². The van der Waals surface area contributed by atoms with E-state index in [2.05, 4.69) is 6.92 Å². The maximum Gasteiger partial charge on any atom is 0.137 e. The van der Waals surface area contributed by atoms with Gasteiger partial charge in [-0.15, -0.1) is 0 Å². The minimum Gasteiger partial charge on any atom is -0.486 e. The molecule has 96 valence electrons. The number of nitrogens with two attached hydrogens (primary N) is 1. The van der Waals surface area contributed by atoms with Gasteiger partial charge >= 0.3 is 0 Å². The van der Waals surface area contributed by atoms with Crippen molar-refractivity contribution in [3.05, 3.63) is 28.8 Å². The van der Waals surface area contributed by atoms with Crippen molar-refractivity contribution in [2.75, 3.05) is 6.61 Å². The number of rotatable bonds is 6. The fourth-order valence-corrected chi connectivity index (χ4v) is 1.76. The number of ether oxygens (including phenoxy) is 1. The third-order valence-electron chi connectivity index (χ3n) is 2.70. The van der Waals surface area contributed by atoms with E-state index in [-0.39, 0.29) is 18.8 Å². The van der Waals surface area contributed by atoms with Gasteiger partial charge in [-0.1, -0.05) is 24.9 Å². The van der Waals surface area contributed by atoms with Gasteiger partial charge in [-0.25, -0.2) is 0 Å². The maximum atomic E-state index is 9.28. The molecular weight excluding hydrogens is 238 g/mol. The number of aryl methyl sites for hydroxylation is 1. The number of benzene rings is 1. The zero-order valence-electron chi connectivity index (χ0n) is 10.3. The normalized spacial score (nSPS) is 14.4. The third kappa shape index (κ3) is 4.19. The van der Waals surface area contributed by atoms with Gasteiger partial charge in [0.2, 0.25) is 0 Å². The third-order valence-corrected chi connectivity index (χ3v) is 3.12. The highest BCUT2D eigenvalue weighted by Crippen LogP contribution is 2.22. The fourth-order valence-electron chi connectivity index (χ4n) is 1.64. The van der Waals surface area contributed by atoms with E-state index in [9.17, 15) is 5.11 Å². The van der Waals surface area contributed by atoms with Crippen molar-refractivity contribution in [3.8, 4) is 5.75 Å². The predicted molar refractivity (Wildman–Crippen MR) is 70.6 cm³/mol. The molecule has 0 spiro atoms. The van der Waals surface area contributed by atoms with Crippen LogP contribution in [0.2, 0.25) is 5.02 Å². The van der Waals surface area contributed by atoms with Crippen molar-refractivity contribution in [2.45, 2.75) is 38.8 Å². The zero-order chi connectivity index (χ0) is 12.8. The van der Waals surface area contributed by atoms with Crippen LogP contribution in [0.5, 0.6) is 5.75 Å². The molecule has 0 fully saturated rings. The Morgan fingerprint density at radius 1 is 1.47 bits per heavy atom. The van der Waals surface area contributed by atoms with Gasteiger partial charge in [0.05, 0.1) is 6.61 Å². The van der Waals surface area contributed by atoms with Crippen molar-refractivity contribution >= 4 is 11.6 Å². The molecule has 17 heavy (non-hydrogen) atoms. The molecule has 3 nitrogen and oxygen atoms in total. The number of aliphatic hydroxyl groups is 1. The summed E-state index contributed by atoms with van der Waals surface area (Å²) in [6.45, 7) is 3.89. The van der Waals surface area contributed by atoms with Crippen LogP contribution in [-0.4, -0.2) is 23.9 Å². The number of halogens is 1. The minimum atomic E-state index is -0.365. The highest BCUT2D eigenvalue weighted by Gasteiger charge is 2.18. The molecule has 0 bridgehead atoms. The van der Waals surface area contributed by atoms with Crippen LogP contribution < -0.4 is 10.5 Å². The van der Waals surface area contributed by atoms with Gasteiger partial charge in [-0.05, 0) is 37.1 Å².